The molecule has 0 aliphatic carbocycles. The van der Waals surface area contributed by atoms with Gasteiger partial charge in [0.05, 0.1) is 17.1 Å². The number of carbonyl (C=O) groups excluding carboxylic acids is 2. The van der Waals surface area contributed by atoms with Crippen molar-refractivity contribution < 1.29 is 9.59 Å². The minimum Gasteiger partial charge on any atom is -0.363 e. The van der Waals surface area contributed by atoms with E-state index in [0.29, 0.717) is 17.0 Å². The summed E-state index contributed by atoms with van der Waals surface area (Å²) < 4.78 is 0. The van der Waals surface area contributed by atoms with E-state index in [1.54, 1.807) is 12.1 Å². The van der Waals surface area contributed by atoms with Crippen LogP contribution in [0.15, 0.2) is 18.2 Å². The molecule has 0 atom stereocenters. The average molecular weight is 253 g/mol. The molecule has 0 saturated carbocycles. The van der Waals surface area contributed by atoms with Crippen molar-refractivity contribution in [2.24, 2.45) is 0 Å². The van der Waals surface area contributed by atoms with Crippen molar-refractivity contribution in [3.63, 3.8) is 0 Å². The van der Waals surface area contributed by atoms with E-state index in [0.717, 1.165) is 5.56 Å². The van der Waals surface area contributed by atoms with Gasteiger partial charge in [-0.25, -0.2) is 0 Å². The molecule has 0 spiro atoms. The molecule has 0 saturated heterocycles. The van der Waals surface area contributed by atoms with Gasteiger partial charge in [-0.2, -0.15) is 0 Å². The van der Waals surface area contributed by atoms with Gasteiger partial charge in [0.25, 0.3) is 5.91 Å². The van der Waals surface area contributed by atoms with Gasteiger partial charge in [-0.15, -0.1) is 0 Å². The lowest BCUT2D eigenvalue weighted by Gasteiger charge is -2.07. The second-order valence-corrected chi connectivity index (χ2v) is 4.03. The highest BCUT2D eigenvalue weighted by molar-refractivity contribution is 6.33. The summed E-state index contributed by atoms with van der Waals surface area (Å²) in [7, 11) is 1.82. The standard InChI is InChI=1S/C11H14BClN2O2/c1-7-2-3-9(13)8(4-7)11(17)14-5-10(16)15-6-12/h2-4H,5-6,12H2,1H3,(H,14,17)(H,15,16). The Hall–Kier alpha value is -1.49. The first-order chi connectivity index (χ1) is 8.04. The highest BCUT2D eigenvalue weighted by Crippen LogP contribution is 2.16. The van der Waals surface area contributed by atoms with E-state index < -0.39 is 0 Å². The molecule has 4 nitrogen and oxygen atoms in total. The molecular weight excluding hydrogens is 238 g/mol. The predicted octanol–water partition coefficient (Wildman–Crippen LogP) is 0.0850. The van der Waals surface area contributed by atoms with Gasteiger partial charge in [-0.1, -0.05) is 23.2 Å². The smallest absolute Gasteiger partial charge is 0.253 e. The monoisotopic (exact) mass is 252 g/mol. The molecule has 0 fully saturated rings. The van der Waals surface area contributed by atoms with Crippen molar-refractivity contribution in [3.8, 4) is 0 Å². The maximum atomic E-state index is 11.8. The summed E-state index contributed by atoms with van der Waals surface area (Å²) in [6.07, 6.45) is 0.542. The fourth-order valence-corrected chi connectivity index (χ4v) is 1.53. The summed E-state index contributed by atoms with van der Waals surface area (Å²) in [6, 6.07) is 5.18. The number of hydrogen-bond donors (Lipinski definition) is 2. The largest absolute Gasteiger partial charge is 0.363 e. The van der Waals surface area contributed by atoms with Crippen molar-refractivity contribution in [3.05, 3.63) is 34.3 Å². The fraction of sp³-hybridized carbons (Fsp3) is 0.273. The van der Waals surface area contributed by atoms with Crippen molar-refractivity contribution in [2.45, 2.75) is 6.92 Å². The van der Waals surface area contributed by atoms with Crippen LogP contribution in [0.4, 0.5) is 0 Å². The predicted molar refractivity (Wildman–Crippen MR) is 70.1 cm³/mol. The van der Waals surface area contributed by atoms with E-state index in [9.17, 15) is 9.59 Å². The van der Waals surface area contributed by atoms with Crippen molar-refractivity contribution in [2.75, 3.05) is 13.0 Å². The van der Waals surface area contributed by atoms with Gasteiger partial charge in [0.15, 0.2) is 0 Å². The number of amides is 2. The molecule has 2 amide bonds. The second kappa shape index (κ2) is 6.30. The molecule has 0 radical (unpaired) electrons. The summed E-state index contributed by atoms with van der Waals surface area (Å²) in [5.41, 5.74) is 1.33. The van der Waals surface area contributed by atoms with E-state index in [4.69, 9.17) is 11.6 Å². The van der Waals surface area contributed by atoms with Crippen LogP contribution >= 0.6 is 11.6 Å². The molecule has 0 unspecified atom stereocenters. The van der Waals surface area contributed by atoms with Crippen LogP contribution in [-0.4, -0.2) is 32.6 Å². The molecule has 0 aliphatic rings. The van der Waals surface area contributed by atoms with Crippen LogP contribution in [0.1, 0.15) is 15.9 Å². The van der Waals surface area contributed by atoms with E-state index in [1.807, 2.05) is 20.8 Å². The number of rotatable bonds is 4. The quantitative estimate of drug-likeness (QED) is 0.746. The lowest BCUT2D eigenvalue weighted by molar-refractivity contribution is -0.119. The van der Waals surface area contributed by atoms with Crippen LogP contribution in [0, 0.1) is 6.92 Å². The van der Waals surface area contributed by atoms with Crippen LogP contribution in [0.2, 0.25) is 5.02 Å². The summed E-state index contributed by atoms with van der Waals surface area (Å²) in [5, 5.41) is 5.49. The van der Waals surface area contributed by atoms with Crippen LogP contribution in [0.3, 0.4) is 0 Å². The Labute approximate surface area is 106 Å². The molecule has 1 aromatic carbocycles. The van der Waals surface area contributed by atoms with Crippen LogP contribution < -0.4 is 10.6 Å². The average Bonchev–Trinajstić information content (AvgIpc) is 2.29. The van der Waals surface area contributed by atoms with E-state index in [1.165, 1.54) is 0 Å². The van der Waals surface area contributed by atoms with Crippen LogP contribution in [0.25, 0.3) is 0 Å². The van der Waals surface area contributed by atoms with E-state index in [2.05, 4.69) is 10.6 Å². The molecule has 90 valence electrons. The van der Waals surface area contributed by atoms with Gasteiger partial charge in [0.2, 0.25) is 5.91 Å². The second-order valence-electron chi connectivity index (χ2n) is 3.62. The zero-order valence-corrected chi connectivity index (χ0v) is 10.6. The normalized spacial score (nSPS) is 9.76. The van der Waals surface area contributed by atoms with Gasteiger partial charge in [0, 0.05) is 0 Å². The SMILES string of the molecule is BCNC(=O)CNC(=O)c1cc(C)ccc1Cl. The van der Waals surface area contributed by atoms with Gasteiger partial charge in [-0.05, 0) is 25.5 Å². The van der Waals surface area contributed by atoms with E-state index >= 15 is 0 Å². The Morgan fingerprint density at radius 3 is 2.71 bits per heavy atom. The first-order valence-corrected chi connectivity index (χ1v) is 5.73. The maximum Gasteiger partial charge on any atom is 0.253 e. The zero-order valence-electron chi connectivity index (χ0n) is 9.84. The summed E-state index contributed by atoms with van der Waals surface area (Å²) in [4.78, 5) is 22.9. The number of benzene rings is 1. The third-order valence-corrected chi connectivity index (χ3v) is 2.48. The number of halogens is 1. The third kappa shape index (κ3) is 4.11. The van der Waals surface area contributed by atoms with Crippen molar-refractivity contribution in [1.82, 2.24) is 10.6 Å². The molecule has 1 aromatic rings. The highest BCUT2D eigenvalue weighted by atomic mass is 35.5. The number of nitrogens with one attached hydrogen (secondary N) is 2. The molecule has 6 heteroatoms. The van der Waals surface area contributed by atoms with Crippen molar-refractivity contribution in [1.29, 1.82) is 0 Å². The summed E-state index contributed by atoms with van der Waals surface area (Å²) in [6.45, 7) is 1.83. The molecule has 0 aliphatic heterocycles. The molecule has 0 bridgehead atoms. The Morgan fingerprint density at radius 2 is 2.06 bits per heavy atom. The molecule has 0 heterocycles. The Bertz CT molecular complexity index is 437. The van der Waals surface area contributed by atoms with E-state index in [-0.39, 0.29) is 18.4 Å². The zero-order chi connectivity index (χ0) is 12.8. The van der Waals surface area contributed by atoms with Crippen molar-refractivity contribution >= 4 is 31.3 Å². The molecule has 2 N–H and O–H groups in total. The third-order valence-electron chi connectivity index (χ3n) is 2.15. The summed E-state index contributed by atoms with van der Waals surface area (Å²) in [5.74, 6) is -0.561. The number of carbonyl (C=O) groups is 2. The minimum atomic E-state index is -0.343. The topological polar surface area (TPSA) is 58.2 Å². The molecule has 1 rings (SSSR count). The van der Waals surface area contributed by atoms with Gasteiger partial charge in [-0.3, -0.25) is 9.59 Å². The molecular formula is C11H14BClN2O2. The van der Waals surface area contributed by atoms with Crippen LogP contribution in [0.5, 0.6) is 0 Å². The Kier molecular flexibility index (Phi) is 5.03. The minimum absolute atomic E-state index is 0.0447. The van der Waals surface area contributed by atoms with Gasteiger partial charge >= 0.3 is 0 Å². The highest BCUT2D eigenvalue weighted by Gasteiger charge is 2.11. The van der Waals surface area contributed by atoms with Crippen LogP contribution in [-0.2, 0) is 4.79 Å². The number of hydrogen-bond acceptors (Lipinski definition) is 2. The Morgan fingerprint density at radius 1 is 1.35 bits per heavy atom. The number of aryl methyl sites for hydroxylation is 1. The molecule has 0 aromatic heterocycles. The summed E-state index contributed by atoms with van der Waals surface area (Å²) >= 11 is 5.91. The lowest BCUT2D eigenvalue weighted by Crippen LogP contribution is -2.37. The van der Waals surface area contributed by atoms with Gasteiger partial charge in [0.1, 0.15) is 7.85 Å². The Balaban J connectivity index is 2.64. The first kappa shape index (κ1) is 13.6. The lowest BCUT2D eigenvalue weighted by atomic mass is 10.1. The first-order valence-electron chi connectivity index (χ1n) is 5.35. The fourth-order valence-electron chi connectivity index (χ4n) is 1.33. The maximum absolute atomic E-state index is 11.8. The molecule has 17 heavy (non-hydrogen) atoms. The van der Waals surface area contributed by atoms with Gasteiger partial charge < -0.3 is 10.6 Å².